The highest BCUT2D eigenvalue weighted by Gasteiger charge is 2.12. The smallest absolute Gasteiger partial charge is 0.161 e. The molecule has 20 heavy (non-hydrogen) atoms. The molecule has 0 radical (unpaired) electrons. The van der Waals surface area contributed by atoms with Crippen LogP contribution in [0.2, 0.25) is 0 Å². The van der Waals surface area contributed by atoms with E-state index in [1.165, 1.54) is 5.56 Å². The van der Waals surface area contributed by atoms with Crippen molar-refractivity contribution >= 4 is 32.6 Å². The van der Waals surface area contributed by atoms with Gasteiger partial charge in [-0.1, -0.05) is 46.3 Å². The zero-order chi connectivity index (χ0) is 14.1. The normalized spacial score (nSPS) is 10.9. The molecule has 0 bridgehead atoms. The van der Waals surface area contributed by atoms with Gasteiger partial charge in [-0.3, -0.25) is 4.79 Å². The maximum absolute atomic E-state index is 11.8. The van der Waals surface area contributed by atoms with Crippen molar-refractivity contribution in [2.45, 2.75) is 13.5 Å². The summed E-state index contributed by atoms with van der Waals surface area (Å²) in [5.41, 5.74) is 3.09. The lowest BCUT2D eigenvalue weighted by molar-refractivity contribution is 0.101. The minimum Gasteiger partial charge on any atom is -0.342 e. The first kappa shape index (κ1) is 13.1. The maximum atomic E-state index is 11.8. The van der Waals surface area contributed by atoms with E-state index in [0.29, 0.717) is 0 Å². The summed E-state index contributed by atoms with van der Waals surface area (Å²) in [6, 6.07) is 16.3. The Hall–Kier alpha value is -1.87. The number of carbonyl (C=O) groups excluding carboxylic acids is 1. The van der Waals surface area contributed by atoms with Crippen LogP contribution in [0.4, 0.5) is 0 Å². The third-order valence-corrected chi connectivity index (χ3v) is 3.91. The van der Waals surface area contributed by atoms with Gasteiger partial charge in [0.05, 0.1) is 0 Å². The minimum absolute atomic E-state index is 0.0971. The summed E-state index contributed by atoms with van der Waals surface area (Å²) in [5, 5.41) is 1.00. The van der Waals surface area contributed by atoms with Crippen LogP contribution < -0.4 is 0 Å². The standard InChI is InChI=1S/C17H14BrNO/c1-12(20)16-11-19(10-13-5-3-2-4-6-13)17-8-7-14(18)9-15(16)17/h2-9,11H,10H2,1H3. The molecule has 0 amide bonds. The zero-order valence-corrected chi connectivity index (χ0v) is 12.7. The second-order valence-electron chi connectivity index (χ2n) is 4.87. The Kier molecular flexibility index (Phi) is 3.45. The van der Waals surface area contributed by atoms with Crippen LogP contribution in [-0.4, -0.2) is 10.4 Å². The summed E-state index contributed by atoms with van der Waals surface area (Å²) in [5.74, 6) is 0.0971. The van der Waals surface area contributed by atoms with Crippen molar-refractivity contribution in [3.63, 3.8) is 0 Å². The van der Waals surface area contributed by atoms with Gasteiger partial charge in [-0.25, -0.2) is 0 Å². The highest BCUT2D eigenvalue weighted by atomic mass is 79.9. The van der Waals surface area contributed by atoms with Crippen LogP contribution in [0.25, 0.3) is 10.9 Å². The van der Waals surface area contributed by atoms with E-state index in [1.807, 2.05) is 36.5 Å². The minimum atomic E-state index is 0.0971. The zero-order valence-electron chi connectivity index (χ0n) is 11.1. The molecule has 1 heterocycles. The summed E-state index contributed by atoms with van der Waals surface area (Å²) in [6.45, 7) is 2.38. The van der Waals surface area contributed by atoms with Gasteiger partial charge in [0, 0.05) is 33.7 Å². The SMILES string of the molecule is CC(=O)c1cn(Cc2ccccc2)c2ccc(Br)cc12. The number of ketones is 1. The molecular formula is C17H14BrNO. The first-order valence-electron chi connectivity index (χ1n) is 6.48. The first-order valence-corrected chi connectivity index (χ1v) is 7.28. The van der Waals surface area contributed by atoms with E-state index in [4.69, 9.17) is 0 Å². The molecule has 3 heteroatoms. The molecule has 0 unspecified atom stereocenters. The van der Waals surface area contributed by atoms with Gasteiger partial charge in [-0.05, 0) is 30.7 Å². The van der Waals surface area contributed by atoms with Crippen LogP contribution in [0, 0.1) is 0 Å². The second-order valence-corrected chi connectivity index (χ2v) is 5.79. The number of fused-ring (bicyclic) bond motifs is 1. The van der Waals surface area contributed by atoms with E-state index in [0.717, 1.165) is 27.5 Å². The van der Waals surface area contributed by atoms with Crippen LogP contribution in [0.1, 0.15) is 22.8 Å². The predicted octanol–water partition coefficient (Wildman–Crippen LogP) is 4.65. The Morgan fingerprint density at radius 3 is 2.60 bits per heavy atom. The summed E-state index contributed by atoms with van der Waals surface area (Å²) in [7, 11) is 0. The highest BCUT2D eigenvalue weighted by molar-refractivity contribution is 9.10. The van der Waals surface area contributed by atoms with Crippen LogP contribution in [0.15, 0.2) is 59.2 Å². The fourth-order valence-electron chi connectivity index (χ4n) is 2.46. The lowest BCUT2D eigenvalue weighted by Gasteiger charge is -2.05. The van der Waals surface area contributed by atoms with Crippen molar-refractivity contribution in [2.24, 2.45) is 0 Å². The second kappa shape index (κ2) is 5.25. The molecule has 3 aromatic rings. The van der Waals surface area contributed by atoms with Crippen molar-refractivity contribution in [2.75, 3.05) is 0 Å². The van der Waals surface area contributed by atoms with Gasteiger partial charge in [-0.2, -0.15) is 0 Å². The van der Waals surface area contributed by atoms with Crippen molar-refractivity contribution in [1.82, 2.24) is 4.57 Å². The van der Waals surface area contributed by atoms with Crippen molar-refractivity contribution in [1.29, 1.82) is 0 Å². The number of hydrogen-bond acceptors (Lipinski definition) is 1. The lowest BCUT2D eigenvalue weighted by Crippen LogP contribution is -1.97. The van der Waals surface area contributed by atoms with Crippen molar-refractivity contribution in [3.8, 4) is 0 Å². The monoisotopic (exact) mass is 327 g/mol. The molecule has 0 aliphatic heterocycles. The molecule has 0 aliphatic rings. The van der Waals surface area contributed by atoms with Gasteiger partial charge in [0.1, 0.15) is 0 Å². The average molecular weight is 328 g/mol. The summed E-state index contributed by atoms with van der Waals surface area (Å²) in [6.07, 6.45) is 1.95. The number of aromatic nitrogens is 1. The number of carbonyl (C=O) groups is 1. The lowest BCUT2D eigenvalue weighted by atomic mass is 10.1. The van der Waals surface area contributed by atoms with Gasteiger partial charge < -0.3 is 4.57 Å². The van der Waals surface area contributed by atoms with Crippen molar-refractivity contribution < 1.29 is 4.79 Å². The first-order chi connectivity index (χ1) is 9.65. The van der Waals surface area contributed by atoms with Gasteiger partial charge in [-0.15, -0.1) is 0 Å². The molecule has 0 spiro atoms. The van der Waals surface area contributed by atoms with Crippen LogP contribution in [0.3, 0.4) is 0 Å². The van der Waals surface area contributed by atoms with E-state index in [9.17, 15) is 4.79 Å². The third kappa shape index (κ3) is 2.41. The van der Waals surface area contributed by atoms with E-state index >= 15 is 0 Å². The molecule has 1 aromatic heterocycles. The molecule has 3 rings (SSSR count). The number of hydrogen-bond donors (Lipinski definition) is 0. The van der Waals surface area contributed by atoms with Crippen LogP contribution in [-0.2, 0) is 6.54 Å². The number of halogens is 1. The molecule has 0 saturated carbocycles. The Bertz CT molecular complexity index is 774. The van der Waals surface area contributed by atoms with Crippen molar-refractivity contribution in [3.05, 3.63) is 70.3 Å². The molecule has 0 fully saturated rings. The summed E-state index contributed by atoms with van der Waals surface area (Å²) >= 11 is 3.47. The number of benzene rings is 2. The molecule has 100 valence electrons. The number of Topliss-reactive ketones (excluding diaryl/α,β-unsaturated/α-hetero) is 1. The topological polar surface area (TPSA) is 22.0 Å². The maximum Gasteiger partial charge on any atom is 0.161 e. The van der Waals surface area contributed by atoms with E-state index < -0.39 is 0 Å². The van der Waals surface area contributed by atoms with Gasteiger partial charge in [0.25, 0.3) is 0 Å². The quantitative estimate of drug-likeness (QED) is 0.641. The summed E-state index contributed by atoms with van der Waals surface area (Å²) in [4.78, 5) is 11.8. The number of rotatable bonds is 3. The van der Waals surface area contributed by atoms with E-state index in [-0.39, 0.29) is 5.78 Å². The molecule has 0 N–H and O–H groups in total. The molecule has 0 atom stereocenters. The van der Waals surface area contributed by atoms with Crippen LogP contribution >= 0.6 is 15.9 Å². The number of nitrogens with zero attached hydrogens (tertiary/aromatic N) is 1. The molecule has 2 nitrogen and oxygen atoms in total. The fraction of sp³-hybridized carbons (Fsp3) is 0.118. The van der Waals surface area contributed by atoms with Gasteiger partial charge in [0.2, 0.25) is 0 Å². The molecule has 0 saturated heterocycles. The largest absolute Gasteiger partial charge is 0.342 e. The molecule has 2 aromatic carbocycles. The van der Waals surface area contributed by atoms with Gasteiger partial charge >= 0.3 is 0 Å². The highest BCUT2D eigenvalue weighted by Crippen LogP contribution is 2.26. The van der Waals surface area contributed by atoms with Crippen LogP contribution in [0.5, 0.6) is 0 Å². The Morgan fingerprint density at radius 1 is 1.15 bits per heavy atom. The summed E-state index contributed by atoms with van der Waals surface area (Å²) < 4.78 is 3.12. The van der Waals surface area contributed by atoms with Gasteiger partial charge in [0.15, 0.2) is 5.78 Å². The predicted molar refractivity (Wildman–Crippen MR) is 85.2 cm³/mol. The Labute approximate surface area is 126 Å². The average Bonchev–Trinajstić information content (AvgIpc) is 2.78. The third-order valence-electron chi connectivity index (χ3n) is 3.42. The molecular weight excluding hydrogens is 314 g/mol. The van der Waals surface area contributed by atoms with E-state index in [1.54, 1.807) is 6.92 Å². The van der Waals surface area contributed by atoms with E-state index in [2.05, 4.69) is 38.7 Å². The fourth-order valence-corrected chi connectivity index (χ4v) is 2.82. The Morgan fingerprint density at radius 2 is 1.90 bits per heavy atom. The molecule has 0 aliphatic carbocycles. The Balaban J connectivity index is 2.14.